The second kappa shape index (κ2) is 2.87. The summed E-state index contributed by atoms with van der Waals surface area (Å²) >= 11 is 0. The summed E-state index contributed by atoms with van der Waals surface area (Å²) in [5.74, 6) is -0.297. The first-order valence-electron chi connectivity index (χ1n) is 4.32. The quantitative estimate of drug-likeness (QED) is 0.703. The van der Waals surface area contributed by atoms with E-state index in [0.717, 1.165) is 5.56 Å². The Morgan fingerprint density at radius 1 is 1.43 bits per heavy atom. The number of aromatic hydroxyl groups is 1. The number of hydrogen-bond acceptors (Lipinski definition) is 3. The smallest absolute Gasteiger partial charge is 0.212 e. The second-order valence-corrected chi connectivity index (χ2v) is 3.34. The zero-order valence-electron chi connectivity index (χ0n) is 8.00. The third-order valence-corrected chi connectivity index (χ3v) is 2.14. The van der Waals surface area contributed by atoms with Gasteiger partial charge in [-0.3, -0.25) is 4.79 Å². The molecule has 3 nitrogen and oxygen atoms in total. The molecule has 2 rings (SSSR count). The van der Waals surface area contributed by atoms with E-state index in [1.54, 1.807) is 12.1 Å². The maximum absolute atomic E-state index is 11.1. The Hall–Kier alpha value is -1.77. The Morgan fingerprint density at radius 2 is 2.14 bits per heavy atom. The first kappa shape index (κ1) is 8.81. The predicted molar refractivity (Wildman–Crippen MR) is 52.6 cm³/mol. The minimum Gasteiger partial charge on any atom is -0.504 e. The summed E-state index contributed by atoms with van der Waals surface area (Å²) in [4.78, 5) is 11.1. The van der Waals surface area contributed by atoms with Crippen LogP contribution in [0.25, 0.3) is 11.0 Å². The number of furan rings is 1. The highest BCUT2D eigenvalue weighted by atomic mass is 16.4. The monoisotopic (exact) mass is 190 g/mol. The predicted octanol–water partition coefficient (Wildman–Crippen LogP) is 2.65. The lowest BCUT2D eigenvalue weighted by molar-refractivity contribution is 0.0985. The lowest BCUT2D eigenvalue weighted by Crippen LogP contribution is -1.87. The fourth-order valence-electron chi connectivity index (χ4n) is 1.43. The number of ketones is 1. The molecule has 0 radical (unpaired) electrons. The van der Waals surface area contributed by atoms with Gasteiger partial charge in [0.05, 0.1) is 5.39 Å². The summed E-state index contributed by atoms with van der Waals surface area (Å²) in [7, 11) is 0. The molecule has 0 unspecified atom stereocenters. The molecular formula is C11H10O3. The van der Waals surface area contributed by atoms with E-state index in [-0.39, 0.29) is 17.3 Å². The first-order chi connectivity index (χ1) is 6.59. The van der Waals surface area contributed by atoms with E-state index in [0.29, 0.717) is 11.0 Å². The van der Waals surface area contributed by atoms with Crippen LogP contribution in [0, 0.1) is 6.92 Å². The SMILES string of the molecule is CC(=O)c1oc2cc(C)ccc2c1O. The topological polar surface area (TPSA) is 50.4 Å². The molecule has 0 fully saturated rings. The molecule has 14 heavy (non-hydrogen) atoms. The third kappa shape index (κ3) is 1.18. The average Bonchev–Trinajstić information content (AvgIpc) is 2.43. The molecule has 0 bridgehead atoms. The molecule has 0 amide bonds. The zero-order valence-corrected chi connectivity index (χ0v) is 8.00. The highest BCUT2D eigenvalue weighted by molar-refractivity contribution is 6.01. The summed E-state index contributed by atoms with van der Waals surface area (Å²) in [6.45, 7) is 3.29. The van der Waals surface area contributed by atoms with E-state index >= 15 is 0 Å². The molecule has 1 aromatic heterocycles. The van der Waals surface area contributed by atoms with Crippen LogP contribution in [0.3, 0.4) is 0 Å². The fraction of sp³-hybridized carbons (Fsp3) is 0.182. The lowest BCUT2D eigenvalue weighted by Gasteiger charge is -1.90. The molecule has 1 aromatic carbocycles. The molecule has 2 aromatic rings. The van der Waals surface area contributed by atoms with E-state index in [2.05, 4.69) is 0 Å². The van der Waals surface area contributed by atoms with Crippen molar-refractivity contribution in [1.82, 2.24) is 0 Å². The second-order valence-electron chi connectivity index (χ2n) is 3.34. The minimum absolute atomic E-state index is 0.0330. The van der Waals surface area contributed by atoms with Crippen molar-refractivity contribution in [2.45, 2.75) is 13.8 Å². The summed E-state index contributed by atoms with van der Waals surface area (Å²) in [5, 5.41) is 10.2. The summed E-state index contributed by atoms with van der Waals surface area (Å²) in [5.41, 5.74) is 1.58. The minimum atomic E-state index is -0.267. The van der Waals surface area contributed by atoms with Gasteiger partial charge in [0.25, 0.3) is 0 Å². The standard InChI is InChI=1S/C11H10O3/c1-6-3-4-8-9(5-6)14-11(7(2)12)10(8)13/h3-5,13H,1-2H3. The zero-order chi connectivity index (χ0) is 10.3. The van der Waals surface area contributed by atoms with Gasteiger partial charge in [0.2, 0.25) is 5.76 Å². The van der Waals surface area contributed by atoms with Crippen LogP contribution in [0.5, 0.6) is 5.75 Å². The van der Waals surface area contributed by atoms with Crippen LogP contribution < -0.4 is 0 Å². The van der Waals surface area contributed by atoms with Gasteiger partial charge < -0.3 is 9.52 Å². The maximum atomic E-state index is 11.1. The van der Waals surface area contributed by atoms with E-state index in [9.17, 15) is 9.90 Å². The van der Waals surface area contributed by atoms with Gasteiger partial charge >= 0.3 is 0 Å². The van der Waals surface area contributed by atoms with Crippen LogP contribution in [0.15, 0.2) is 22.6 Å². The Bertz CT molecular complexity index is 508. The molecule has 0 aliphatic carbocycles. The number of fused-ring (bicyclic) bond motifs is 1. The number of aryl methyl sites for hydroxylation is 1. The Balaban J connectivity index is 2.79. The van der Waals surface area contributed by atoms with Crippen molar-refractivity contribution in [3.05, 3.63) is 29.5 Å². The van der Waals surface area contributed by atoms with Crippen molar-refractivity contribution in [3.63, 3.8) is 0 Å². The van der Waals surface area contributed by atoms with Crippen LogP contribution in [0.2, 0.25) is 0 Å². The van der Waals surface area contributed by atoms with Crippen LogP contribution in [-0.2, 0) is 0 Å². The maximum Gasteiger partial charge on any atom is 0.212 e. The molecule has 0 saturated carbocycles. The molecule has 0 aliphatic rings. The van der Waals surface area contributed by atoms with Crippen LogP contribution in [0.1, 0.15) is 23.0 Å². The Morgan fingerprint density at radius 3 is 2.79 bits per heavy atom. The van der Waals surface area contributed by atoms with Gasteiger partial charge in [-0.15, -0.1) is 0 Å². The van der Waals surface area contributed by atoms with Crippen molar-refractivity contribution in [2.75, 3.05) is 0 Å². The Labute approximate surface area is 81.0 Å². The largest absolute Gasteiger partial charge is 0.504 e. The number of benzene rings is 1. The van der Waals surface area contributed by atoms with E-state index < -0.39 is 0 Å². The normalized spacial score (nSPS) is 10.7. The van der Waals surface area contributed by atoms with Gasteiger partial charge in [0.1, 0.15) is 5.58 Å². The number of carbonyl (C=O) groups is 1. The number of hydrogen-bond donors (Lipinski definition) is 1. The van der Waals surface area contributed by atoms with Gasteiger partial charge in [0.15, 0.2) is 11.5 Å². The first-order valence-corrected chi connectivity index (χ1v) is 4.32. The molecule has 0 aliphatic heterocycles. The van der Waals surface area contributed by atoms with Crippen LogP contribution in [0.4, 0.5) is 0 Å². The molecule has 72 valence electrons. The van der Waals surface area contributed by atoms with E-state index in [1.807, 2.05) is 13.0 Å². The van der Waals surface area contributed by atoms with Gasteiger partial charge in [0, 0.05) is 6.92 Å². The summed E-state index contributed by atoms with van der Waals surface area (Å²) in [6, 6.07) is 5.40. The number of carbonyl (C=O) groups excluding carboxylic acids is 1. The van der Waals surface area contributed by atoms with Crippen molar-refractivity contribution >= 4 is 16.8 Å². The molecule has 1 heterocycles. The average molecular weight is 190 g/mol. The van der Waals surface area contributed by atoms with Gasteiger partial charge in [-0.25, -0.2) is 0 Å². The fourth-order valence-corrected chi connectivity index (χ4v) is 1.43. The molecule has 0 saturated heterocycles. The van der Waals surface area contributed by atoms with Crippen molar-refractivity contribution < 1.29 is 14.3 Å². The van der Waals surface area contributed by atoms with Crippen LogP contribution in [-0.4, -0.2) is 10.9 Å². The van der Waals surface area contributed by atoms with E-state index in [4.69, 9.17) is 4.42 Å². The van der Waals surface area contributed by atoms with Gasteiger partial charge in [-0.05, 0) is 24.6 Å². The molecular weight excluding hydrogens is 180 g/mol. The molecule has 3 heteroatoms. The molecule has 0 spiro atoms. The summed E-state index contributed by atoms with van der Waals surface area (Å²) < 4.78 is 5.24. The van der Waals surface area contributed by atoms with Crippen molar-refractivity contribution in [1.29, 1.82) is 0 Å². The van der Waals surface area contributed by atoms with Crippen LogP contribution >= 0.6 is 0 Å². The Kier molecular flexibility index (Phi) is 1.81. The van der Waals surface area contributed by atoms with Gasteiger partial charge in [-0.2, -0.15) is 0 Å². The van der Waals surface area contributed by atoms with E-state index in [1.165, 1.54) is 6.92 Å². The molecule has 1 N–H and O–H groups in total. The lowest BCUT2D eigenvalue weighted by atomic mass is 10.1. The highest BCUT2D eigenvalue weighted by Gasteiger charge is 2.16. The van der Waals surface area contributed by atoms with Crippen molar-refractivity contribution in [3.8, 4) is 5.75 Å². The number of rotatable bonds is 1. The third-order valence-electron chi connectivity index (χ3n) is 2.14. The molecule has 0 atom stereocenters. The number of Topliss-reactive ketones (excluding diaryl/α,β-unsaturated/α-hetero) is 1. The highest BCUT2D eigenvalue weighted by Crippen LogP contribution is 2.32. The van der Waals surface area contributed by atoms with Crippen molar-refractivity contribution in [2.24, 2.45) is 0 Å². The summed E-state index contributed by atoms with van der Waals surface area (Å²) in [6.07, 6.45) is 0. The van der Waals surface area contributed by atoms with Gasteiger partial charge in [-0.1, -0.05) is 6.07 Å².